The molecule has 2 rings (SSSR count). The first-order chi connectivity index (χ1) is 9.93. The fraction of sp³-hybridized carbons (Fsp3) is 0.647. The number of nitrogens with one attached hydrogen (secondary N) is 1. The van der Waals surface area contributed by atoms with Crippen LogP contribution < -0.4 is 5.32 Å². The van der Waals surface area contributed by atoms with Crippen molar-refractivity contribution in [1.29, 1.82) is 0 Å². The molecule has 1 aliphatic heterocycles. The molecule has 2 nitrogen and oxygen atoms in total. The number of ether oxygens (including phenoxy) is 1. The van der Waals surface area contributed by atoms with E-state index in [1.807, 2.05) is 18.2 Å². The highest BCUT2D eigenvalue weighted by molar-refractivity contribution is 6.33. The third-order valence-corrected chi connectivity index (χ3v) is 5.30. The highest BCUT2D eigenvalue weighted by Gasteiger charge is 2.41. The van der Waals surface area contributed by atoms with Crippen molar-refractivity contribution < 1.29 is 4.74 Å². The van der Waals surface area contributed by atoms with E-state index in [1.165, 1.54) is 0 Å². The second kappa shape index (κ2) is 7.32. The second-order valence-electron chi connectivity index (χ2n) is 6.09. The second-order valence-corrected chi connectivity index (χ2v) is 6.93. The maximum Gasteiger partial charge on any atom is 0.0597 e. The quantitative estimate of drug-likeness (QED) is 0.854. The molecule has 118 valence electrons. The normalized spacial score (nSPS) is 30.6. The summed E-state index contributed by atoms with van der Waals surface area (Å²) in [6.07, 6.45) is 1.45. The van der Waals surface area contributed by atoms with Crippen molar-refractivity contribution in [1.82, 2.24) is 5.32 Å². The lowest BCUT2D eigenvalue weighted by atomic mass is 9.81. The Bertz CT molecular complexity index is 480. The average Bonchev–Trinajstić information content (AvgIpc) is 2.67. The van der Waals surface area contributed by atoms with Crippen molar-refractivity contribution in [2.24, 2.45) is 11.8 Å². The molecule has 1 fully saturated rings. The number of hydrogen-bond donors (Lipinski definition) is 1. The molecule has 1 N–H and O–H groups in total. The molecule has 0 spiro atoms. The van der Waals surface area contributed by atoms with Gasteiger partial charge in [-0.25, -0.2) is 0 Å². The number of hydrogen-bond acceptors (Lipinski definition) is 2. The summed E-state index contributed by atoms with van der Waals surface area (Å²) in [7, 11) is 0. The first kappa shape index (κ1) is 17.1. The number of benzene rings is 1. The zero-order valence-electron chi connectivity index (χ0n) is 13.2. The van der Waals surface area contributed by atoms with Crippen LogP contribution >= 0.6 is 23.2 Å². The highest BCUT2D eigenvalue weighted by atomic mass is 35.5. The van der Waals surface area contributed by atoms with Crippen molar-refractivity contribution in [2.75, 3.05) is 6.54 Å². The Morgan fingerprint density at radius 1 is 1.19 bits per heavy atom. The Labute approximate surface area is 138 Å². The maximum atomic E-state index is 6.33. The van der Waals surface area contributed by atoms with E-state index in [0.29, 0.717) is 24.0 Å². The summed E-state index contributed by atoms with van der Waals surface area (Å²) in [5, 5.41) is 5.14. The molecule has 4 heteroatoms. The van der Waals surface area contributed by atoms with Gasteiger partial charge in [0, 0.05) is 22.0 Å². The van der Waals surface area contributed by atoms with E-state index in [-0.39, 0.29) is 6.10 Å². The Balaban J connectivity index is 2.21. The van der Waals surface area contributed by atoms with Crippen LogP contribution in [-0.2, 0) is 11.2 Å². The van der Waals surface area contributed by atoms with Crippen molar-refractivity contribution in [3.05, 3.63) is 33.8 Å². The summed E-state index contributed by atoms with van der Waals surface area (Å²) < 4.78 is 6.01. The Morgan fingerprint density at radius 3 is 2.48 bits per heavy atom. The molecule has 1 aromatic rings. The van der Waals surface area contributed by atoms with Crippen molar-refractivity contribution in [3.8, 4) is 0 Å². The number of halogens is 2. The predicted octanol–water partition coefficient (Wildman–Crippen LogP) is 4.57. The maximum absolute atomic E-state index is 6.33. The third-order valence-electron chi connectivity index (χ3n) is 4.70. The van der Waals surface area contributed by atoms with Gasteiger partial charge in [0.1, 0.15) is 0 Å². The van der Waals surface area contributed by atoms with E-state index in [2.05, 4.69) is 33.0 Å². The van der Waals surface area contributed by atoms with Gasteiger partial charge in [0.25, 0.3) is 0 Å². The third kappa shape index (κ3) is 3.92. The Hall–Kier alpha value is -0.280. The predicted molar refractivity (Wildman–Crippen MR) is 90.3 cm³/mol. The van der Waals surface area contributed by atoms with Crippen LogP contribution in [0.15, 0.2) is 18.2 Å². The van der Waals surface area contributed by atoms with Gasteiger partial charge < -0.3 is 10.1 Å². The molecule has 0 aromatic heterocycles. The van der Waals surface area contributed by atoms with Crippen LogP contribution in [0, 0.1) is 11.8 Å². The van der Waals surface area contributed by atoms with E-state index in [4.69, 9.17) is 27.9 Å². The lowest BCUT2D eigenvalue weighted by molar-refractivity contribution is 0.0476. The van der Waals surface area contributed by atoms with Crippen LogP contribution in [-0.4, -0.2) is 24.8 Å². The number of likely N-dealkylation sites (N-methyl/N-ethyl adjacent to an activating group) is 1. The zero-order chi connectivity index (χ0) is 15.6. The van der Waals surface area contributed by atoms with Crippen LogP contribution in [0.25, 0.3) is 0 Å². The SMILES string of the molecule is CCNC(Cc1cc(Cl)ccc1Cl)C1C(C)OC(C)C1C. The molecule has 0 aliphatic carbocycles. The van der Waals surface area contributed by atoms with E-state index in [1.54, 1.807) is 0 Å². The van der Waals surface area contributed by atoms with Gasteiger partial charge in [0.15, 0.2) is 0 Å². The first-order valence-corrected chi connectivity index (χ1v) is 8.52. The van der Waals surface area contributed by atoms with Gasteiger partial charge in [0.05, 0.1) is 12.2 Å². The molecule has 1 aliphatic rings. The standard InChI is InChI=1S/C17H25Cl2NO/c1-5-20-16(17-10(2)11(3)21-12(17)4)9-13-8-14(18)6-7-15(13)19/h6-8,10-12,16-17,20H,5,9H2,1-4H3. The van der Waals surface area contributed by atoms with E-state index in [9.17, 15) is 0 Å². The summed E-state index contributed by atoms with van der Waals surface area (Å²) >= 11 is 12.4. The Morgan fingerprint density at radius 2 is 1.90 bits per heavy atom. The molecule has 21 heavy (non-hydrogen) atoms. The molecular formula is C17H25Cl2NO. The van der Waals surface area contributed by atoms with Crippen molar-refractivity contribution in [3.63, 3.8) is 0 Å². The summed E-state index contributed by atoms with van der Waals surface area (Å²) in [4.78, 5) is 0. The molecular weight excluding hydrogens is 305 g/mol. The molecule has 1 saturated heterocycles. The molecule has 1 aromatic carbocycles. The molecule has 0 amide bonds. The van der Waals surface area contributed by atoms with Gasteiger partial charge in [0.2, 0.25) is 0 Å². The Kier molecular flexibility index (Phi) is 5.96. The monoisotopic (exact) mass is 329 g/mol. The van der Waals surface area contributed by atoms with Crippen LogP contribution in [0.4, 0.5) is 0 Å². The van der Waals surface area contributed by atoms with Gasteiger partial charge in [-0.3, -0.25) is 0 Å². The van der Waals surface area contributed by atoms with Crippen LogP contribution in [0.1, 0.15) is 33.3 Å². The summed E-state index contributed by atoms with van der Waals surface area (Å²) in [6.45, 7) is 9.70. The topological polar surface area (TPSA) is 21.3 Å². The van der Waals surface area contributed by atoms with Crippen molar-refractivity contribution in [2.45, 2.75) is 52.4 Å². The first-order valence-electron chi connectivity index (χ1n) is 7.76. The minimum absolute atomic E-state index is 0.261. The summed E-state index contributed by atoms with van der Waals surface area (Å²) in [5.41, 5.74) is 1.11. The highest BCUT2D eigenvalue weighted by Crippen LogP contribution is 2.36. The largest absolute Gasteiger partial charge is 0.375 e. The minimum atomic E-state index is 0.261. The van der Waals surface area contributed by atoms with E-state index < -0.39 is 0 Å². The van der Waals surface area contributed by atoms with Crippen LogP contribution in [0.2, 0.25) is 10.0 Å². The van der Waals surface area contributed by atoms with Gasteiger partial charge >= 0.3 is 0 Å². The zero-order valence-corrected chi connectivity index (χ0v) is 14.7. The lowest BCUT2D eigenvalue weighted by Gasteiger charge is -2.30. The lowest BCUT2D eigenvalue weighted by Crippen LogP contribution is -2.43. The molecule has 5 atom stereocenters. The smallest absolute Gasteiger partial charge is 0.0597 e. The summed E-state index contributed by atoms with van der Waals surface area (Å²) in [6, 6.07) is 6.04. The van der Waals surface area contributed by atoms with Gasteiger partial charge in [-0.2, -0.15) is 0 Å². The fourth-order valence-electron chi connectivity index (χ4n) is 3.53. The molecule has 5 unspecified atom stereocenters. The molecule has 0 saturated carbocycles. The fourth-order valence-corrected chi connectivity index (χ4v) is 3.92. The van der Waals surface area contributed by atoms with Gasteiger partial charge in [-0.1, -0.05) is 37.0 Å². The minimum Gasteiger partial charge on any atom is -0.375 e. The molecule has 0 radical (unpaired) electrons. The summed E-state index contributed by atoms with van der Waals surface area (Å²) in [5.74, 6) is 1.01. The van der Waals surface area contributed by atoms with Crippen LogP contribution in [0.3, 0.4) is 0 Å². The van der Waals surface area contributed by atoms with Crippen molar-refractivity contribution >= 4 is 23.2 Å². The van der Waals surface area contributed by atoms with E-state index in [0.717, 1.165) is 28.6 Å². The number of rotatable bonds is 5. The van der Waals surface area contributed by atoms with Crippen LogP contribution in [0.5, 0.6) is 0 Å². The average molecular weight is 330 g/mol. The molecule has 0 bridgehead atoms. The van der Waals surface area contributed by atoms with Gasteiger partial charge in [-0.15, -0.1) is 0 Å². The van der Waals surface area contributed by atoms with Gasteiger partial charge in [-0.05, 0) is 56.5 Å². The van der Waals surface area contributed by atoms with E-state index >= 15 is 0 Å². The molecule has 1 heterocycles.